The molecule has 0 aliphatic carbocycles. The molecule has 1 heterocycles. The van der Waals surface area contributed by atoms with Gasteiger partial charge in [-0.2, -0.15) is 0 Å². The molecule has 0 aromatic heterocycles. The summed E-state index contributed by atoms with van der Waals surface area (Å²) in [5.41, 5.74) is 1.51. The fourth-order valence-corrected chi connectivity index (χ4v) is 1.90. The molecule has 1 fully saturated rings. The van der Waals surface area contributed by atoms with Gasteiger partial charge in [0, 0.05) is 37.3 Å². The van der Waals surface area contributed by atoms with Crippen LogP contribution >= 0.6 is 0 Å². The Hall–Kier alpha value is -1.04. The molecular formula is C10H15BN2O2. The van der Waals surface area contributed by atoms with Crippen LogP contribution in [-0.4, -0.2) is 43.3 Å². The van der Waals surface area contributed by atoms with E-state index in [2.05, 4.69) is 10.2 Å². The standard InChI is InChI=1S/C10H15BN2O2/c14-11(15)9-3-1-2-4-10(9)13-7-5-12-6-8-13/h1-4,12,14-15H,5-8H2. The molecule has 0 spiro atoms. The zero-order valence-corrected chi connectivity index (χ0v) is 8.56. The van der Waals surface area contributed by atoms with Gasteiger partial charge in [0.15, 0.2) is 0 Å². The van der Waals surface area contributed by atoms with Gasteiger partial charge in [-0.25, -0.2) is 0 Å². The summed E-state index contributed by atoms with van der Waals surface area (Å²) in [6.07, 6.45) is 0. The van der Waals surface area contributed by atoms with E-state index in [1.54, 1.807) is 6.07 Å². The molecule has 1 aromatic carbocycles. The van der Waals surface area contributed by atoms with Gasteiger partial charge in [0.1, 0.15) is 0 Å². The first-order chi connectivity index (χ1) is 7.29. The lowest BCUT2D eigenvalue weighted by Gasteiger charge is -2.31. The second-order valence-corrected chi connectivity index (χ2v) is 3.67. The number of para-hydroxylation sites is 1. The number of hydrogen-bond donors (Lipinski definition) is 3. The van der Waals surface area contributed by atoms with Crippen molar-refractivity contribution >= 4 is 18.3 Å². The van der Waals surface area contributed by atoms with E-state index in [-0.39, 0.29) is 0 Å². The molecule has 1 saturated heterocycles. The summed E-state index contributed by atoms with van der Waals surface area (Å²) >= 11 is 0. The monoisotopic (exact) mass is 206 g/mol. The maximum atomic E-state index is 9.25. The summed E-state index contributed by atoms with van der Waals surface area (Å²) in [6, 6.07) is 7.42. The first-order valence-corrected chi connectivity index (χ1v) is 5.20. The van der Waals surface area contributed by atoms with E-state index >= 15 is 0 Å². The third kappa shape index (κ3) is 2.31. The molecular weight excluding hydrogens is 191 g/mol. The average Bonchev–Trinajstić information content (AvgIpc) is 2.30. The third-order valence-corrected chi connectivity index (χ3v) is 2.67. The van der Waals surface area contributed by atoms with Gasteiger partial charge in [-0.05, 0) is 6.07 Å². The minimum absolute atomic E-state index is 0.583. The van der Waals surface area contributed by atoms with Crippen LogP contribution in [-0.2, 0) is 0 Å². The van der Waals surface area contributed by atoms with Crippen LogP contribution < -0.4 is 15.7 Å². The van der Waals surface area contributed by atoms with Gasteiger partial charge in [-0.1, -0.05) is 18.2 Å². The molecule has 0 amide bonds. The molecule has 0 bridgehead atoms. The minimum atomic E-state index is -1.39. The average molecular weight is 206 g/mol. The number of nitrogens with zero attached hydrogens (tertiary/aromatic N) is 1. The molecule has 1 aromatic rings. The highest BCUT2D eigenvalue weighted by atomic mass is 16.4. The Morgan fingerprint density at radius 2 is 1.80 bits per heavy atom. The van der Waals surface area contributed by atoms with Gasteiger partial charge < -0.3 is 20.3 Å². The molecule has 5 heteroatoms. The van der Waals surface area contributed by atoms with Crippen molar-refractivity contribution in [2.75, 3.05) is 31.1 Å². The van der Waals surface area contributed by atoms with Gasteiger partial charge in [0.2, 0.25) is 0 Å². The Balaban J connectivity index is 2.25. The fourth-order valence-electron chi connectivity index (χ4n) is 1.90. The van der Waals surface area contributed by atoms with Crippen LogP contribution in [0.2, 0.25) is 0 Å². The highest BCUT2D eigenvalue weighted by molar-refractivity contribution is 6.60. The van der Waals surface area contributed by atoms with Crippen LogP contribution in [0.4, 0.5) is 5.69 Å². The molecule has 2 rings (SSSR count). The maximum absolute atomic E-state index is 9.25. The molecule has 3 N–H and O–H groups in total. The van der Waals surface area contributed by atoms with Crippen molar-refractivity contribution in [2.45, 2.75) is 0 Å². The van der Waals surface area contributed by atoms with Crippen molar-refractivity contribution in [2.24, 2.45) is 0 Å². The van der Waals surface area contributed by atoms with Gasteiger partial charge >= 0.3 is 7.12 Å². The zero-order chi connectivity index (χ0) is 10.7. The molecule has 4 nitrogen and oxygen atoms in total. The van der Waals surface area contributed by atoms with Gasteiger partial charge in [-0.15, -0.1) is 0 Å². The predicted octanol–water partition coefficient (Wildman–Crippen LogP) is -1.22. The highest BCUT2D eigenvalue weighted by Crippen LogP contribution is 2.11. The first kappa shape index (κ1) is 10.5. The number of benzene rings is 1. The minimum Gasteiger partial charge on any atom is -0.423 e. The normalized spacial score (nSPS) is 16.5. The molecule has 80 valence electrons. The van der Waals surface area contributed by atoms with Crippen LogP contribution in [0.25, 0.3) is 0 Å². The summed E-state index contributed by atoms with van der Waals surface area (Å²) in [4.78, 5) is 2.17. The lowest BCUT2D eigenvalue weighted by atomic mass is 9.78. The van der Waals surface area contributed by atoms with E-state index in [0.29, 0.717) is 5.46 Å². The molecule has 0 atom stereocenters. The lowest BCUT2D eigenvalue weighted by molar-refractivity contribution is 0.425. The zero-order valence-electron chi connectivity index (χ0n) is 8.56. The van der Waals surface area contributed by atoms with Crippen LogP contribution in [0.15, 0.2) is 24.3 Å². The summed E-state index contributed by atoms with van der Waals surface area (Å²) in [5, 5.41) is 21.8. The van der Waals surface area contributed by atoms with E-state index in [1.807, 2.05) is 18.2 Å². The summed E-state index contributed by atoms with van der Waals surface area (Å²) in [7, 11) is -1.39. The summed E-state index contributed by atoms with van der Waals surface area (Å²) in [5.74, 6) is 0. The molecule has 15 heavy (non-hydrogen) atoms. The number of piperazine rings is 1. The third-order valence-electron chi connectivity index (χ3n) is 2.67. The van der Waals surface area contributed by atoms with Crippen LogP contribution in [0.5, 0.6) is 0 Å². The number of rotatable bonds is 2. The van der Waals surface area contributed by atoms with Crippen LogP contribution in [0, 0.1) is 0 Å². The maximum Gasteiger partial charge on any atom is 0.490 e. The Kier molecular flexibility index (Phi) is 3.25. The summed E-state index contributed by atoms with van der Waals surface area (Å²) < 4.78 is 0. The van der Waals surface area contributed by atoms with Crippen molar-refractivity contribution < 1.29 is 10.0 Å². The molecule has 0 radical (unpaired) electrons. The van der Waals surface area contributed by atoms with E-state index < -0.39 is 7.12 Å². The molecule has 1 aliphatic rings. The molecule has 0 unspecified atom stereocenters. The Morgan fingerprint density at radius 3 is 2.47 bits per heavy atom. The number of anilines is 1. The van der Waals surface area contributed by atoms with Crippen LogP contribution in [0.1, 0.15) is 0 Å². The lowest BCUT2D eigenvalue weighted by Crippen LogP contribution is -2.47. The topological polar surface area (TPSA) is 55.7 Å². The second-order valence-electron chi connectivity index (χ2n) is 3.67. The van der Waals surface area contributed by atoms with Crippen molar-refractivity contribution in [3.8, 4) is 0 Å². The van der Waals surface area contributed by atoms with E-state index in [9.17, 15) is 10.0 Å². The molecule has 1 aliphatic heterocycles. The van der Waals surface area contributed by atoms with E-state index in [4.69, 9.17) is 0 Å². The van der Waals surface area contributed by atoms with Crippen molar-refractivity contribution in [3.63, 3.8) is 0 Å². The largest absolute Gasteiger partial charge is 0.490 e. The Morgan fingerprint density at radius 1 is 1.13 bits per heavy atom. The van der Waals surface area contributed by atoms with E-state index in [1.165, 1.54) is 0 Å². The van der Waals surface area contributed by atoms with E-state index in [0.717, 1.165) is 31.9 Å². The SMILES string of the molecule is OB(O)c1ccccc1N1CCNCC1. The smallest absolute Gasteiger partial charge is 0.423 e. The van der Waals surface area contributed by atoms with Gasteiger partial charge in [0.05, 0.1) is 0 Å². The van der Waals surface area contributed by atoms with Crippen molar-refractivity contribution in [1.82, 2.24) is 5.32 Å². The number of hydrogen-bond acceptors (Lipinski definition) is 4. The number of nitrogens with one attached hydrogen (secondary N) is 1. The van der Waals surface area contributed by atoms with Gasteiger partial charge in [-0.3, -0.25) is 0 Å². The first-order valence-electron chi connectivity index (χ1n) is 5.20. The van der Waals surface area contributed by atoms with Crippen molar-refractivity contribution in [3.05, 3.63) is 24.3 Å². The van der Waals surface area contributed by atoms with Crippen molar-refractivity contribution in [1.29, 1.82) is 0 Å². The Labute approximate surface area is 89.7 Å². The fraction of sp³-hybridized carbons (Fsp3) is 0.400. The summed E-state index contributed by atoms with van der Waals surface area (Å²) in [6.45, 7) is 3.69. The van der Waals surface area contributed by atoms with Crippen LogP contribution in [0.3, 0.4) is 0 Å². The second kappa shape index (κ2) is 4.66. The highest BCUT2D eigenvalue weighted by Gasteiger charge is 2.20. The molecule has 0 saturated carbocycles. The Bertz CT molecular complexity index is 327. The predicted molar refractivity (Wildman–Crippen MR) is 61.4 cm³/mol. The quantitative estimate of drug-likeness (QED) is 0.530. The van der Waals surface area contributed by atoms with Gasteiger partial charge in [0.25, 0.3) is 0 Å².